The average molecular weight is 208 g/mol. The molecule has 1 aromatic heterocycles. The number of carboxylic acids is 1. The van der Waals surface area contributed by atoms with Crippen LogP contribution in [0.1, 0.15) is 33.0 Å². The summed E-state index contributed by atoms with van der Waals surface area (Å²) in [5, 5.41) is 9.21. The summed E-state index contributed by atoms with van der Waals surface area (Å²) in [4.78, 5) is 11.2. The van der Waals surface area contributed by atoms with Crippen LogP contribution in [0.3, 0.4) is 0 Å². The van der Waals surface area contributed by atoms with Gasteiger partial charge in [-0.25, -0.2) is 0 Å². The first-order chi connectivity index (χ1) is 6.98. The fourth-order valence-electron chi connectivity index (χ4n) is 3.20. The molecule has 15 heavy (non-hydrogen) atoms. The molecule has 0 saturated heterocycles. The van der Waals surface area contributed by atoms with Gasteiger partial charge in [0, 0.05) is 5.41 Å². The third kappa shape index (κ3) is 1.03. The molecule has 1 aromatic rings. The van der Waals surface area contributed by atoms with Gasteiger partial charge >= 0.3 is 5.97 Å². The van der Waals surface area contributed by atoms with Crippen molar-refractivity contribution in [3.8, 4) is 0 Å². The number of carboxylic acid groups (broad SMARTS) is 1. The zero-order chi connectivity index (χ0) is 11.3. The number of rotatable bonds is 3. The van der Waals surface area contributed by atoms with Gasteiger partial charge in [-0.05, 0) is 24.0 Å². The molecule has 0 spiro atoms. The number of hydrogen-bond acceptors (Lipinski definition) is 2. The molecule has 0 aromatic carbocycles. The molecule has 3 heteroatoms. The van der Waals surface area contributed by atoms with E-state index in [1.54, 1.807) is 6.26 Å². The van der Waals surface area contributed by atoms with Gasteiger partial charge in [0.2, 0.25) is 0 Å². The molecule has 2 unspecified atom stereocenters. The quantitative estimate of drug-likeness (QED) is 0.830. The number of furan rings is 1. The topological polar surface area (TPSA) is 50.4 Å². The number of aliphatic carboxylic acids is 1. The zero-order valence-corrected chi connectivity index (χ0v) is 9.28. The van der Waals surface area contributed by atoms with Crippen molar-refractivity contribution in [1.29, 1.82) is 0 Å². The lowest BCUT2D eigenvalue weighted by atomic mass is 9.90. The van der Waals surface area contributed by atoms with Crippen LogP contribution in [0.15, 0.2) is 22.8 Å². The van der Waals surface area contributed by atoms with E-state index in [9.17, 15) is 9.90 Å². The molecule has 0 amide bonds. The second kappa shape index (κ2) is 2.87. The second-order valence-electron chi connectivity index (χ2n) is 4.80. The number of hydrogen-bond donors (Lipinski definition) is 1. The molecule has 1 aliphatic carbocycles. The molecule has 2 atom stereocenters. The standard InChI is InChI=1S/C12H16O3/c1-4-12(8-6-5-7-15-8)9(10(13)14)11(12,2)3/h5-7,9H,4H2,1-3H3,(H,13,14). The Balaban J connectivity index is 2.46. The minimum absolute atomic E-state index is 0.217. The van der Waals surface area contributed by atoms with Gasteiger partial charge in [0.05, 0.1) is 12.2 Å². The zero-order valence-electron chi connectivity index (χ0n) is 9.28. The van der Waals surface area contributed by atoms with Crippen LogP contribution in [0.5, 0.6) is 0 Å². The highest BCUT2D eigenvalue weighted by Gasteiger charge is 2.75. The monoisotopic (exact) mass is 208 g/mol. The highest BCUT2D eigenvalue weighted by molar-refractivity contribution is 5.79. The normalized spacial score (nSPS) is 32.6. The molecule has 1 fully saturated rings. The Morgan fingerprint density at radius 1 is 1.60 bits per heavy atom. The molecule has 1 aliphatic rings. The van der Waals surface area contributed by atoms with Gasteiger partial charge in [-0.2, -0.15) is 0 Å². The van der Waals surface area contributed by atoms with Gasteiger partial charge in [0.15, 0.2) is 0 Å². The van der Waals surface area contributed by atoms with Crippen molar-refractivity contribution >= 4 is 5.97 Å². The van der Waals surface area contributed by atoms with Crippen molar-refractivity contribution in [2.75, 3.05) is 0 Å². The predicted molar refractivity (Wildman–Crippen MR) is 55.6 cm³/mol. The molecule has 0 radical (unpaired) electrons. The Morgan fingerprint density at radius 3 is 2.60 bits per heavy atom. The first-order valence-corrected chi connectivity index (χ1v) is 5.25. The summed E-state index contributed by atoms with van der Waals surface area (Å²) in [5.74, 6) is -0.248. The fraction of sp³-hybridized carbons (Fsp3) is 0.583. The summed E-state index contributed by atoms with van der Waals surface area (Å²) < 4.78 is 5.40. The molecule has 2 rings (SSSR count). The Morgan fingerprint density at radius 2 is 2.27 bits per heavy atom. The Hall–Kier alpha value is -1.25. The summed E-state index contributed by atoms with van der Waals surface area (Å²) in [6.45, 7) is 6.02. The first kappa shape index (κ1) is 10.3. The molecule has 0 bridgehead atoms. The Labute approximate surface area is 89.1 Å². The van der Waals surface area contributed by atoms with Gasteiger partial charge in [-0.1, -0.05) is 20.8 Å². The van der Waals surface area contributed by atoms with Crippen LogP contribution in [0.4, 0.5) is 0 Å². The predicted octanol–water partition coefficient (Wildman–Crippen LogP) is 2.67. The maximum atomic E-state index is 11.2. The fourth-order valence-corrected chi connectivity index (χ4v) is 3.20. The molecule has 1 N–H and O–H groups in total. The smallest absolute Gasteiger partial charge is 0.308 e. The highest BCUT2D eigenvalue weighted by atomic mass is 16.4. The van der Waals surface area contributed by atoms with Crippen LogP contribution in [0.25, 0.3) is 0 Å². The van der Waals surface area contributed by atoms with E-state index in [-0.39, 0.29) is 16.7 Å². The first-order valence-electron chi connectivity index (χ1n) is 5.25. The largest absolute Gasteiger partial charge is 0.481 e. The van der Waals surface area contributed by atoms with Crippen molar-refractivity contribution < 1.29 is 14.3 Å². The molecule has 1 saturated carbocycles. The number of carbonyl (C=O) groups is 1. The average Bonchev–Trinajstić information content (AvgIpc) is 2.56. The third-order valence-corrected chi connectivity index (χ3v) is 4.05. The van der Waals surface area contributed by atoms with Gasteiger partial charge in [0.25, 0.3) is 0 Å². The summed E-state index contributed by atoms with van der Waals surface area (Å²) in [5.41, 5.74) is -0.534. The van der Waals surface area contributed by atoms with Crippen LogP contribution in [0, 0.1) is 11.3 Å². The van der Waals surface area contributed by atoms with Crippen molar-refractivity contribution in [1.82, 2.24) is 0 Å². The van der Waals surface area contributed by atoms with Gasteiger partial charge in [-0.3, -0.25) is 4.79 Å². The maximum Gasteiger partial charge on any atom is 0.308 e. The van der Waals surface area contributed by atoms with Crippen molar-refractivity contribution in [2.24, 2.45) is 11.3 Å². The summed E-state index contributed by atoms with van der Waals surface area (Å²) >= 11 is 0. The van der Waals surface area contributed by atoms with Crippen molar-refractivity contribution in [3.63, 3.8) is 0 Å². The molecular formula is C12H16O3. The van der Waals surface area contributed by atoms with Gasteiger partial charge < -0.3 is 9.52 Å². The SMILES string of the molecule is CCC1(c2ccco2)C(C(=O)O)C1(C)C. The van der Waals surface area contributed by atoms with Crippen LogP contribution < -0.4 is 0 Å². The van der Waals surface area contributed by atoms with Crippen LogP contribution in [-0.4, -0.2) is 11.1 Å². The van der Waals surface area contributed by atoms with E-state index in [1.807, 2.05) is 32.9 Å². The van der Waals surface area contributed by atoms with Crippen molar-refractivity contribution in [3.05, 3.63) is 24.2 Å². The lowest BCUT2D eigenvalue weighted by Crippen LogP contribution is -2.14. The van der Waals surface area contributed by atoms with Gasteiger partial charge in [0.1, 0.15) is 5.76 Å². The van der Waals surface area contributed by atoms with Crippen LogP contribution in [-0.2, 0) is 10.2 Å². The van der Waals surface area contributed by atoms with E-state index in [1.165, 1.54) is 0 Å². The maximum absolute atomic E-state index is 11.2. The Kier molecular flexibility index (Phi) is 1.97. The molecule has 0 aliphatic heterocycles. The van der Waals surface area contributed by atoms with Crippen LogP contribution >= 0.6 is 0 Å². The highest BCUT2D eigenvalue weighted by Crippen LogP contribution is 2.71. The van der Waals surface area contributed by atoms with E-state index in [2.05, 4.69) is 0 Å². The van der Waals surface area contributed by atoms with Crippen LogP contribution in [0.2, 0.25) is 0 Å². The minimum Gasteiger partial charge on any atom is -0.481 e. The van der Waals surface area contributed by atoms with E-state index >= 15 is 0 Å². The molecule has 82 valence electrons. The van der Waals surface area contributed by atoms with E-state index in [4.69, 9.17) is 4.42 Å². The van der Waals surface area contributed by atoms with Gasteiger partial charge in [-0.15, -0.1) is 0 Å². The van der Waals surface area contributed by atoms with Crippen molar-refractivity contribution in [2.45, 2.75) is 32.6 Å². The lowest BCUT2D eigenvalue weighted by molar-refractivity contribution is -0.139. The molecular weight excluding hydrogens is 192 g/mol. The third-order valence-electron chi connectivity index (χ3n) is 4.05. The lowest BCUT2D eigenvalue weighted by Gasteiger charge is -2.14. The summed E-state index contributed by atoms with van der Waals surface area (Å²) in [7, 11) is 0. The van der Waals surface area contributed by atoms with E-state index < -0.39 is 5.97 Å². The Bertz CT molecular complexity index is 378. The second-order valence-corrected chi connectivity index (χ2v) is 4.80. The minimum atomic E-state index is -0.724. The van der Waals surface area contributed by atoms with E-state index in [0.717, 1.165) is 12.2 Å². The molecule has 1 heterocycles. The summed E-state index contributed by atoms with van der Waals surface area (Å²) in [6, 6.07) is 3.70. The van der Waals surface area contributed by atoms with E-state index in [0.29, 0.717) is 0 Å². The molecule has 3 nitrogen and oxygen atoms in total. The summed E-state index contributed by atoms with van der Waals surface area (Å²) in [6.07, 6.45) is 2.41.